The van der Waals surface area contributed by atoms with Crippen molar-refractivity contribution in [3.05, 3.63) is 46.7 Å². The molecule has 1 aromatic heterocycles. The summed E-state index contributed by atoms with van der Waals surface area (Å²) in [4.78, 5) is 9.17. The molecule has 0 saturated heterocycles. The maximum Gasteiger partial charge on any atom is 0.227 e. The first-order valence-electron chi connectivity index (χ1n) is 7.99. The van der Waals surface area contributed by atoms with Crippen molar-refractivity contribution in [2.45, 2.75) is 32.7 Å². The van der Waals surface area contributed by atoms with Crippen LogP contribution in [0.25, 0.3) is 0 Å². The quantitative estimate of drug-likeness (QED) is 0.695. The molecular weight excluding hydrogens is 359 g/mol. The Hall–Kier alpha value is -1.40. The SMILES string of the molecule is COCCNCc1cnc(Nc2cccc(Cl)c2)nc1C(C)(C)C.Cl. The number of rotatable bonds is 7. The molecular formula is C18H26Cl2N4O. The lowest BCUT2D eigenvalue weighted by atomic mass is 9.89. The molecule has 25 heavy (non-hydrogen) atoms. The van der Waals surface area contributed by atoms with Crippen molar-refractivity contribution < 1.29 is 4.74 Å². The minimum absolute atomic E-state index is 0. The zero-order valence-electron chi connectivity index (χ0n) is 15.1. The average Bonchev–Trinajstić information content (AvgIpc) is 2.51. The molecule has 0 radical (unpaired) electrons. The highest BCUT2D eigenvalue weighted by Crippen LogP contribution is 2.26. The van der Waals surface area contributed by atoms with Crippen molar-refractivity contribution in [1.82, 2.24) is 15.3 Å². The van der Waals surface area contributed by atoms with Gasteiger partial charge in [0.05, 0.1) is 12.3 Å². The largest absolute Gasteiger partial charge is 0.383 e. The number of anilines is 2. The first kappa shape index (κ1) is 21.6. The van der Waals surface area contributed by atoms with Crippen LogP contribution in [0, 0.1) is 0 Å². The van der Waals surface area contributed by atoms with Crippen LogP contribution in [0.2, 0.25) is 5.02 Å². The molecule has 5 nitrogen and oxygen atoms in total. The number of nitrogens with zero attached hydrogens (tertiary/aromatic N) is 2. The Balaban J connectivity index is 0.00000312. The van der Waals surface area contributed by atoms with Gasteiger partial charge in [0.2, 0.25) is 5.95 Å². The Kier molecular flexibility index (Phi) is 8.59. The van der Waals surface area contributed by atoms with Gasteiger partial charge < -0.3 is 15.4 Å². The van der Waals surface area contributed by atoms with Crippen LogP contribution < -0.4 is 10.6 Å². The molecule has 0 saturated carbocycles. The highest BCUT2D eigenvalue weighted by atomic mass is 35.5. The van der Waals surface area contributed by atoms with E-state index in [1.54, 1.807) is 7.11 Å². The molecule has 0 aliphatic heterocycles. The lowest BCUT2D eigenvalue weighted by molar-refractivity contribution is 0.199. The monoisotopic (exact) mass is 384 g/mol. The molecule has 1 aromatic carbocycles. The molecule has 0 aliphatic rings. The normalized spacial score (nSPS) is 11.1. The molecule has 0 bridgehead atoms. The number of hydrogen-bond acceptors (Lipinski definition) is 5. The lowest BCUT2D eigenvalue weighted by Crippen LogP contribution is -2.24. The molecule has 0 atom stereocenters. The van der Waals surface area contributed by atoms with E-state index in [9.17, 15) is 0 Å². The van der Waals surface area contributed by atoms with Crippen LogP contribution in [0.3, 0.4) is 0 Å². The van der Waals surface area contributed by atoms with Gasteiger partial charge in [-0.05, 0) is 18.2 Å². The van der Waals surface area contributed by atoms with Gasteiger partial charge in [0.15, 0.2) is 0 Å². The van der Waals surface area contributed by atoms with E-state index in [0.29, 0.717) is 24.1 Å². The van der Waals surface area contributed by atoms with E-state index in [1.807, 2.05) is 30.5 Å². The Bertz CT molecular complexity index is 674. The predicted octanol–water partition coefficient (Wildman–Crippen LogP) is 4.33. The van der Waals surface area contributed by atoms with Crippen LogP contribution in [-0.4, -0.2) is 30.2 Å². The summed E-state index contributed by atoms with van der Waals surface area (Å²) >= 11 is 6.02. The zero-order chi connectivity index (χ0) is 17.6. The first-order valence-corrected chi connectivity index (χ1v) is 8.36. The number of aromatic nitrogens is 2. The Morgan fingerprint density at radius 2 is 2.00 bits per heavy atom. The topological polar surface area (TPSA) is 59.1 Å². The molecule has 138 valence electrons. The fourth-order valence-electron chi connectivity index (χ4n) is 2.34. The number of hydrogen-bond donors (Lipinski definition) is 2. The molecule has 1 heterocycles. The van der Waals surface area contributed by atoms with Crippen molar-refractivity contribution in [3.8, 4) is 0 Å². The molecule has 0 aliphatic carbocycles. The summed E-state index contributed by atoms with van der Waals surface area (Å²) in [5.74, 6) is 0.572. The predicted molar refractivity (Wildman–Crippen MR) is 106 cm³/mol. The molecule has 0 fully saturated rings. The summed E-state index contributed by atoms with van der Waals surface area (Å²) in [6, 6.07) is 7.51. The van der Waals surface area contributed by atoms with E-state index >= 15 is 0 Å². The van der Waals surface area contributed by atoms with E-state index in [-0.39, 0.29) is 17.8 Å². The van der Waals surface area contributed by atoms with Gasteiger partial charge in [0.25, 0.3) is 0 Å². The maximum absolute atomic E-state index is 6.02. The van der Waals surface area contributed by atoms with Gasteiger partial charge in [-0.3, -0.25) is 0 Å². The van der Waals surface area contributed by atoms with E-state index in [1.165, 1.54) is 0 Å². The number of ether oxygens (including phenoxy) is 1. The Labute approximate surface area is 161 Å². The van der Waals surface area contributed by atoms with Crippen molar-refractivity contribution in [3.63, 3.8) is 0 Å². The molecule has 0 amide bonds. The highest BCUT2D eigenvalue weighted by molar-refractivity contribution is 6.30. The van der Waals surface area contributed by atoms with Crippen LogP contribution in [0.5, 0.6) is 0 Å². The maximum atomic E-state index is 6.02. The fraction of sp³-hybridized carbons (Fsp3) is 0.444. The summed E-state index contributed by atoms with van der Waals surface area (Å²) in [5, 5.41) is 7.24. The van der Waals surface area contributed by atoms with Gasteiger partial charge in [-0.15, -0.1) is 12.4 Å². The number of halogens is 2. The third kappa shape index (κ3) is 6.78. The molecule has 2 N–H and O–H groups in total. The minimum atomic E-state index is -0.0774. The Morgan fingerprint density at radius 3 is 2.64 bits per heavy atom. The molecule has 2 aromatic rings. The van der Waals surface area contributed by atoms with Crippen molar-refractivity contribution >= 4 is 35.6 Å². The second kappa shape index (κ2) is 9.92. The third-order valence-electron chi connectivity index (χ3n) is 3.45. The lowest BCUT2D eigenvalue weighted by Gasteiger charge is -2.22. The molecule has 2 rings (SSSR count). The van der Waals surface area contributed by atoms with Gasteiger partial charge in [0, 0.05) is 48.1 Å². The Morgan fingerprint density at radius 1 is 1.24 bits per heavy atom. The summed E-state index contributed by atoms with van der Waals surface area (Å²) < 4.78 is 5.06. The van der Waals surface area contributed by atoms with Crippen molar-refractivity contribution in [2.24, 2.45) is 0 Å². The summed E-state index contributed by atoms with van der Waals surface area (Å²) in [5.41, 5.74) is 2.90. The summed E-state index contributed by atoms with van der Waals surface area (Å²) in [6.07, 6.45) is 1.88. The van der Waals surface area contributed by atoms with Gasteiger partial charge in [-0.25, -0.2) is 9.97 Å². The van der Waals surface area contributed by atoms with Gasteiger partial charge in [-0.2, -0.15) is 0 Å². The standard InChI is InChI=1S/C18H25ClN4O.ClH/c1-18(2,3)16-13(11-20-8-9-24-4)12-21-17(23-16)22-15-7-5-6-14(19)10-15;/h5-7,10,12,20H,8-9,11H2,1-4H3,(H,21,22,23);1H. The number of benzene rings is 1. The third-order valence-corrected chi connectivity index (χ3v) is 3.69. The van der Waals surface area contributed by atoms with Crippen LogP contribution in [0.1, 0.15) is 32.0 Å². The highest BCUT2D eigenvalue weighted by Gasteiger charge is 2.21. The fourth-order valence-corrected chi connectivity index (χ4v) is 2.53. The number of nitrogens with one attached hydrogen (secondary N) is 2. The van der Waals surface area contributed by atoms with Crippen LogP contribution in [0.15, 0.2) is 30.5 Å². The van der Waals surface area contributed by atoms with E-state index in [4.69, 9.17) is 21.3 Å². The van der Waals surface area contributed by atoms with E-state index < -0.39 is 0 Å². The van der Waals surface area contributed by atoms with Crippen molar-refractivity contribution in [2.75, 3.05) is 25.6 Å². The minimum Gasteiger partial charge on any atom is -0.383 e. The first-order chi connectivity index (χ1) is 11.4. The van der Waals surface area contributed by atoms with Crippen molar-refractivity contribution in [1.29, 1.82) is 0 Å². The van der Waals surface area contributed by atoms with Gasteiger partial charge in [-0.1, -0.05) is 38.4 Å². The summed E-state index contributed by atoms with van der Waals surface area (Å²) in [6.45, 7) is 8.64. The average molecular weight is 385 g/mol. The second-order valence-electron chi connectivity index (χ2n) is 6.62. The van der Waals surface area contributed by atoms with E-state index in [2.05, 4.69) is 36.4 Å². The van der Waals surface area contributed by atoms with Gasteiger partial charge >= 0.3 is 0 Å². The zero-order valence-corrected chi connectivity index (χ0v) is 16.7. The van der Waals surface area contributed by atoms with Crippen LogP contribution in [-0.2, 0) is 16.7 Å². The smallest absolute Gasteiger partial charge is 0.227 e. The number of methoxy groups -OCH3 is 1. The second-order valence-corrected chi connectivity index (χ2v) is 7.06. The van der Waals surface area contributed by atoms with Crippen LogP contribution >= 0.6 is 24.0 Å². The summed E-state index contributed by atoms with van der Waals surface area (Å²) in [7, 11) is 1.70. The molecule has 0 spiro atoms. The van der Waals surface area contributed by atoms with Gasteiger partial charge in [0.1, 0.15) is 0 Å². The molecule has 7 heteroatoms. The molecule has 0 unspecified atom stereocenters. The van der Waals surface area contributed by atoms with Crippen LogP contribution in [0.4, 0.5) is 11.6 Å². The van der Waals surface area contributed by atoms with E-state index in [0.717, 1.165) is 23.5 Å².